The molecule has 1 amide bonds. The maximum atomic E-state index is 12.7. The molecule has 0 spiro atoms. The summed E-state index contributed by atoms with van der Waals surface area (Å²) in [5, 5.41) is 0. The van der Waals surface area contributed by atoms with Crippen LogP contribution in [0.3, 0.4) is 0 Å². The molecule has 1 aromatic heterocycles. The van der Waals surface area contributed by atoms with Gasteiger partial charge < -0.3 is 15.2 Å². The first kappa shape index (κ1) is 14.4. The zero-order chi connectivity index (χ0) is 14.8. The SMILES string of the molecule is CCCn1cc(N)cc1C(=O)N1CCN(CC2CC2)CC1. The maximum absolute atomic E-state index is 12.7. The fourth-order valence-corrected chi connectivity index (χ4v) is 3.10. The van der Waals surface area contributed by atoms with E-state index in [0.29, 0.717) is 5.69 Å². The Hall–Kier alpha value is -1.49. The molecule has 2 heterocycles. The Labute approximate surface area is 126 Å². The van der Waals surface area contributed by atoms with Gasteiger partial charge >= 0.3 is 0 Å². The number of nitrogen functional groups attached to an aromatic ring is 1. The number of aromatic nitrogens is 1. The smallest absolute Gasteiger partial charge is 0.270 e. The van der Waals surface area contributed by atoms with E-state index in [1.54, 1.807) is 0 Å². The molecule has 0 radical (unpaired) electrons. The number of carbonyl (C=O) groups is 1. The Kier molecular flexibility index (Phi) is 4.19. The minimum atomic E-state index is 0.131. The molecule has 5 heteroatoms. The number of rotatable bonds is 5. The molecule has 2 fully saturated rings. The normalized spacial score (nSPS) is 20.0. The number of amides is 1. The summed E-state index contributed by atoms with van der Waals surface area (Å²) in [6, 6.07) is 1.81. The van der Waals surface area contributed by atoms with Crippen LogP contribution >= 0.6 is 0 Å². The minimum absolute atomic E-state index is 0.131. The van der Waals surface area contributed by atoms with Gasteiger partial charge in [0.25, 0.3) is 5.91 Å². The van der Waals surface area contributed by atoms with E-state index < -0.39 is 0 Å². The van der Waals surface area contributed by atoms with Crippen molar-refractivity contribution in [3.05, 3.63) is 18.0 Å². The predicted molar refractivity (Wildman–Crippen MR) is 84.2 cm³/mol. The van der Waals surface area contributed by atoms with Gasteiger partial charge in [-0.2, -0.15) is 0 Å². The van der Waals surface area contributed by atoms with Crippen LogP contribution in [-0.4, -0.2) is 53.0 Å². The molecular formula is C16H26N4O. The molecule has 0 bridgehead atoms. The van der Waals surface area contributed by atoms with Crippen LogP contribution in [0.2, 0.25) is 0 Å². The highest BCUT2D eigenvalue weighted by molar-refractivity contribution is 5.94. The summed E-state index contributed by atoms with van der Waals surface area (Å²) >= 11 is 0. The van der Waals surface area contributed by atoms with Crippen molar-refractivity contribution in [2.75, 3.05) is 38.5 Å². The van der Waals surface area contributed by atoms with Gasteiger partial charge in [0.05, 0.1) is 5.69 Å². The number of anilines is 1. The first-order chi connectivity index (χ1) is 10.2. The summed E-state index contributed by atoms with van der Waals surface area (Å²) in [6.45, 7) is 7.87. The predicted octanol–water partition coefficient (Wildman–Crippen LogP) is 1.65. The average Bonchev–Trinajstić information content (AvgIpc) is 3.21. The highest BCUT2D eigenvalue weighted by Crippen LogP contribution is 2.30. The fourth-order valence-electron chi connectivity index (χ4n) is 3.10. The fraction of sp³-hybridized carbons (Fsp3) is 0.688. The van der Waals surface area contributed by atoms with Crippen molar-refractivity contribution in [3.63, 3.8) is 0 Å². The van der Waals surface area contributed by atoms with Crippen molar-refractivity contribution in [3.8, 4) is 0 Å². The van der Waals surface area contributed by atoms with Crippen LogP contribution in [0.25, 0.3) is 0 Å². The third-order valence-electron chi connectivity index (χ3n) is 4.47. The molecule has 0 atom stereocenters. The monoisotopic (exact) mass is 290 g/mol. The first-order valence-electron chi connectivity index (χ1n) is 8.14. The van der Waals surface area contributed by atoms with Crippen LogP contribution in [0, 0.1) is 5.92 Å². The van der Waals surface area contributed by atoms with Crippen LogP contribution in [0.15, 0.2) is 12.3 Å². The Morgan fingerprint density at radius 1 is 1.29 bits per heavy atom. The minimum Gasteiger partial charge on any atom is -0.397 e. The lowest BCUT2D eigenvalue weighted by molar-refractivity contribution is 0.0621. The topological polar surface area (TPSA) is 54.5 Å². The zero-order valence-corrected chi connectivity index (χ0v) is 12.9. The van der Waals surface area contributed by atoms with Crippen LogP contribution in [0.1, 0.15) is 36.7 Å². The summed E-state index contributed by atoms with van der Waals surface area (Å²) < 4.78 is 1.99. The number of hydrogen-bond acceptors (Lipinski definition) is 3. The van der Waals surface area contributed by atoms with Crippen molar-refractivity contribution in [2.24, 2.45) is 5.92 Å². The lowest BCUT2D eigenvalue weighted by Gasteiger charge is -2.34. The quantitative estimate of drug-likeness (QED) is 0.897. The first-order valence-corrected chi connectivity index (χ1v) is 8.14. The third-order valence-corrected chi connectivity index (χ3v) is 4.47. The van der Waals surface area contributed by atoms with E-state index in [4.69, 9.17) is 5.73 Å². The molecule has 21 heavy (non-hydrogen) atoms. The number of nitrogens with zero attached hydrogens (tertiary/aromatic N) is 3. The van der Waals surface area contributed by atoms with E-state index in [1.807, 2.05) is 21.7 Å². The lowest BCUT2D eigenvalue weighted by atomic mass is 10.2. The number of carbonyl (C=O) groups excluding carboxylic acids is 1. The number of nitrogens with two attached hydrogens (primary N) is 1. The van der Waals surface area contributed by atoms with E-state index in [0.717, 1.165) is 50.8 Å². The third kappa shape index (κ3) is 3.40. The Bertz CT molecular complexity index is 498. The van der Waals surface area contributed by atoms with Crippen molar-refractivity contribution in [1.82, 2.24) is 14.4 Å². The van der Waals surface area contributed by atoms with Gasteiger partial charge in [-0.15, -0.1) is 0 Å². The van der Waals surface area contributed by atoms with Crippen LogP contribution in [0.5, 0.6) is 0 Å². The Morgan fingerprint density at radius 3 is 2.62 bits per heavy atom. The van der Waals surface area contributed by atoms with Gasteiger partial charge in [0.2, 0.25) is 0 Å². The van der Waals surface area contributed by atoms with Crippen molar-refractivity contribution in [1.29, 1.82) is 0 Å². The molecule has 3 rings (SSSR count). The molecule has 1 saturated carbocycles. The maximum Gasteiger partial charge on any atom is 0.270 e. The largest absolute Gasteiger partial charge is 0.397 e. The van der Waals surface area contributed by atoms with Crippen LogP contribution < -0.4 is 5.73 Å². The molecule has 116 valence electrons. The Morgan fingerprint density at radius 2 is 2.00 bits per heavy atom. The summed E-state index contributed by atoms with van der Waals surface area (Å²) in [4.78, 5) is 17.2. The second kappa shape index (κ2) is 6.10. The highest BCUT2D eigenvalue weighted by Gasteiger charge is 2.28. The standard InChI is InChI=1S/C16H26N4O/c1-2-5-20-12-14(17)10-15(20)16(21)19-8-6-18(7-9-19)11-13-3-4-13/h10,12-13H,2-9,11,17H2,1H3. The Balaban J connectivity index is 1.60. The van der Waals surface area contributed by atoms with Gasteiger partial charge in [-0.1, -0.05) is 6.92 Å². The van der Waals surface area contributed by atoms with Crippen molar-refractivity contribution in [2.45, 2.75) is 32.7 Å². The molecule has 1 aliphatic carbocycles. The number of piperazine rings is 1. The van der Waals surface area contributed by atoms with Gasteiger partial charge in [-0.25, -0.2) is 0 Å². The van der Waals surface area contributed by atoms with Gasteiger partial charge in [0, 0.05) is 45.5 Å². The van der Waals surface area contributed by atoms with Crippen LogP contribution in [-0.2, 0) is 6.54 Å². The van der Waals surface area contributed by atoms with Gasteiger partial charge in [-0.3, -0.25) is 9.69 Å². The molecule has 0 aromatic carbocycles. The van der Waals surface area contributed by atoms with Gasteiger partial charge in [0.15, 0.2) is 0 Å². The summed E-state index contributed by atoms with van der Waals surface area (Å²) in [7, 11) is 0. The van der Waals surface area contributed by atoms with E-state index in [-0.39, 0.29) is 5.91 Å². The second-order valence-electron chi connectivity index (χ2n) is 6.39. The van der Waals surface area contributed by atoms with E-state index in [1.165, 1.54) is 19.4 Å². The molecule has 2 N–H and O–H groups in total. The second-order valence-corrected chi connectivity index (χ2v) is 6.39. The molecule has 1 aliphatic heterocycles. The van der Waals surface area contributed by atoms with E-state index in [9.17, 15) is 4.79 Å². The lowest BCUT2D eigenvalue weighted by Crippen LogP contribution is -2.49. The highest BCUT2D eigenvalue weighted by atomic mass is 16.2. The van der Waals surface area contributed by atoms with Crippen LogP contribution in [0.4, 0.5) is 5.69 Å². The summed E-state index contributed by atoms with van der Waals surface area (Å²) in [5.74, 6) is 1.06. The van der Waals surface area contributed by atoms with Crippen molar-refractivity contribution >= 4 is 11.6 Å². The molecule has 0 unspecified atom stereocenters. The van der Waals surface area contributed by atoms with Gasteiger partial charge in [-0.05, 0) is 31.2 Å². The zero-order valence-electron chi connectivity index (χ0n) is 12.9. The van der Waals surface area contributed by atoms with E-state index in [2.05, 4.69) is 11.8 Å². The molecule has 1 saturated heterocycles. The summed E-state index contributed by atoms with van der Waals surface area (Å²) in [6.07, 6.45) is 5.66. The molecular weight excluding hydrogens is 264 g/mol. The average molecular weight is 290 g/mol. The van der Waals surface area contributed by atoms with Crippen molar-refractivity contribution < 1.29 is 4.79 Å². The summed E-state index contributed by atoms with van der Waals surface area (Å²) in [5.41, 5.74) is 7.28. The van der Waals surface area contributed by atoms with Gasteiger partial charge in [0.1, 0.15) is 5.69 Å². The number of aryl methyl sites for hydroxylation is 1. The van der Waals surface area contributed by atoms with E-state index >= 15 is 0 Å². The molecule has 2 aliphatic rings. The molecule has 5 nitrogen and oxygen atoms in total. The molecule has 1 aromatic rings. The number of hydrogen-bond donors (Lipinski definition) is 1.